The van der Waals surface area contributed by atoms with E-state index in [1.54, 1.807) is 0 Å². The standard InChI is InChI=1S/C19H22N2O2/c1-3-19-9-8-14(10-19)17-15(19)16(18(22)23)20-21(17)11-13-6-4-12(2)5-7-13/h4-7,14H,3,8-11H2,1-2H3,(H,22,23). The maximum absolute atomic E-state index is 11.7. The molecule has 1 saturated carbocycles. The lowest BCUT2D eigenvalue weighted by Crippen LogP contribution is -2.22. The largest absolute Gasteiger partial charge is 0.476 e. The number of hydrogen-bond donors (Lipinski definition) is 1. The van der Waals surface area contributed by atoms with Crippen molar-refractivity contribution in [2.75, 3.05) is 0 Å². The molecule has 4 heteroatoms. The molecular weight excluding hydrogens is 288 g/mol. The van der Waals surface area contributed by atoms with Crippen LogP contribution in [-0.2, 0) is 12.0 Å². The van der Waals surface area contributed by atoms with Crippen LogP contribution in [0.4, 0.5) is 0 Å². The van der Waals surface area contributed by atoms with Gasteiger partial charge in [-0.25, -0.2) is 4.79 Å². The molecule has 0 amide bonds. The average Bonchev–Trinajstić information content (AvgIpc) is 3.20. The van der Waals surface area contributed by atoms with Crippen molar-refractivity contribution in [1.82, 2.24) is 9.78 Å². The maximum Gasteiger partial charge on any atom is 0.356 e. The highest BCUT2D eigenvalue weighted by molar-refractivity contribution is 5.88. The normalized spacial score (nSPS) is 24.9. The third-order valence-electron chi connectivity index (χ3n) is 5.85. The highest BCUT2D eigenvalue weighted by Crippen LogP contribution is 2.59. The quantitative estimate of drug-likeness (QED) is 0.932. The fourth-order valence-electron chi connectivity index (χ4n) is 4.63. The van der Waals surface area contributed by atoms with E-state index >= 15 is 0 Å². The topological polar surface area (TPSA) is 55.1 Å². The Kier molecular flexibility index (Phi) is 3.12. The summed E-state index contributed by atoms with van der Waals surface area (Å²) in [5.74, 6) is -0.403. The lowest BCUT2D eigenvalue weighted by molar-refractivity contribution is 0.0686. The van der Waals surface area contributed by atoms with Crippen molar-refractivity contribution in [2.45, 2.75) is 57.4 Å². The molecule has 1 aromatic carbocycles. The van der Waals surface area contributed by atoms with E-state index in [2.05, 4.69) is 43.2 Å². The summed E-state index contributed by atoms with van der Waals surface area (Å²) in [4.78, 5) is 11.7. The van der Waals surface area contributed by atoms with E-state index in [0.717, 1.165) is 24.8 Å². The summed E-state index contributed by atoms with van der Waals surface area (Å²) in [6, 6.07) is 8.40. The van der Waals surface area contributed by atoms with Crippen LogP contribution in [-0.4, -0.2) is 20.9 Å². The summed E-state index contributed by atoms with van der Waals surface area (Å²) in [5, 5.41) is 14.1. The van der Waals surface area contributed by atoms with E-state index in [1.807, 2.05) is 4.68 Å². The Balaban J connectivity index is 1.81. The van der Waals surface area contributed by atoms with Gasteiger partial charge in [0, 0.05) is 17.2 Å². The number of aryl methyl sites for hydroxylation is 1. The van der Waals surface area contributed by atoms with Crippen molar-refractivity contribution in [3.63, 3.8) is 0 Å². The zero-order valence-electron chi connectivity index (χ0n) is 13.7. The number of hydrogen-bond acceptors (Lipinski definition) is 2. The molecule has 120 valence electrons. The fraction of sp³-hybridized carbons (Fsp3) is 0.474. The number of carboxylic acids is 1. The Morgan fingerprint density at radius 1 is 1.39 bits per heavy atom. The molecule has 23 heavy (non-hydrogen) atoms. The fourth-order valence-corrected chi connectivity index (χ4v) is 4.63. The van der Waals surface area contributed by atoms with Crippen LogP contribution in [0.2, 0.25) is 0 Å². The lowest BCUT2D eigenvalue weighted by Gasteiger charge is -2.25. The smallest absolute Gasteiger partial charge is 0.356 e. The lowest BCUT2D eigenvalue weighted by atomic mass is 9.78. The minimum Gasteiger partial charge on any atom is -0.476 e. The molecule has 0 spiro atoms. The van der Waals surface area contributed by atoms with Gasteiger partial charge in [-0.15, -0.1) is 0 Å². The van der Waals surface area contributed by atoms with Gasteiger partial charge in [0.1, 0.15) is 0 Å². The van der Waals surface area contributed by atoms with Gasteiger partial charge in [0.05, 0.1) is 6.54 Å². The average molecular weight is 310 g/mol. The first-order chi connectivity index (χ1) is 11.0. The summed E-state index contributed by atoms with van der Waals surface area (Å²) < 4.78 is 1.96. The second-order valence-electron chi connectivity index (χ2n) is 7.13. The van der Waals surface area contributed by atoms with E-state index < -0.39 is 5.97 Å². The van der Waals surface area contributed by atoms with Gasteiger partial charge in [-0.1, -0.05) is 36.8 Å². The summed E-state index contributed by atoms with van der Waals surface area (Å²) in [7, 11) is 0. The SMILES string of the molecule is CCC12CCC(C1)c1c2c(C(=O)O)nn1Cc1ccc(C)cc1. The summed E-state index contributed by atoms with van der Waals surface area (Å²) >= 11 is 0. The van der Waals surface area contributed by atoms with E-state index in [-0.39, 0.29) is 11.1 Å². The van der Waals surface area contributed by atoms with E-state index in [0.29, 0.717) is 12.5 Å². The van der Waals surface area contributed by atoms with Crippen molar-refractivity contribution >= 4 is 5.97 Å². The number of rotatable bonds is 4. The third kappa shape index (κ3) is 2.04. The van der Waals surface area contributed by atoms with Gasteiger partial charge in [0.15, 0.2) is 5.69 Å². The molecule has 2 aliphatic rings. The van der Waals surface area contributed by atoms with E-state index in [1.165, 1.54) is 23.2 Å². The number of aromatic carboxylic acids is 1. The number of nitrogens with zero attached hydrogens (tertiary/aromatic N) is 2. The summed E-state index contributed by atoms with van der Waals surface area (Å²) in [5.41, 5.74) is 4.98. The first-order valence-corrected chi connectivity index (χ1v) is 8.44. The van der Waals surface area contributed by atoms with Crippen LogP contribution in [0.5, 0.6) is 0 Å². The molecule has 0 aliphatic heterocycles. The molecule has 2 bridgehead atoms. The van der Waals surface area contributed by atoms with Crippen molar-refractivity contribution < 1.29 is 9.90 Å². The molecular formula is C19H22N2O2. The monoisotopic (exact) mass is 310 g/mol. The molecule has 4 nitrogen and oxygen atoms in total. The van der Waals surface area contributed by atoms with Gasteiger partial charge in [-0.05, 0) is 43.6 Å². The van der Waals surface area contributed by atoms with Gasteiger partial charge in [0.2, 0.25) is 0 Å². The Morgan fingerprint density at radius 3 is 2.78 bits per heavy atom. The van der Waals surface area contributed by atoms with Crippen molar-refractivity contribution in [3.05, 3.63) is 52.3 Å². The summed E-state index contributed by atoms with van der Waals surface area (Å²) in [6.45, 7) is 4.91. The van der Waals surface area contributed by atoms with E-state index in [9.17, 15) is 9.90 Å². The summed E-state index contributed by atoms with van der Waals surface area (Å²) in [6.07, 6.45) is 4.38. The van der Waals surface area contributed by atoms with Crippen LogP contribution >= 0.6 is 0 Å². The predicted molar refractivity (Wildman–Crippen MR) is 88.0 cm³/mol. The van der Waals surface area contributed by atoms with E-state index in [4.69, 9.17) is 0 Å². The minimum atomic E-state index is -0.885. The minimum absolute atomic E-state index is 0.0548. The first-order valence-electron chi connectivity index (χ1n) is 8.44. The van der Waals surface area contributed by atoms with Crippen LogP contribution in [0.3, 0.4) is 0 Å². The molecule has 4 rings (SSSR count). The molecule has 1 aromatic heterocycles. The Bertz CT molecular complexity index is 775. The Labute approximate surface area is 136 Å². The Morgan fingerprint density at radius 2 is 2.13 bits per heavy atom. The predicted octanol–water partition coefficient (Wildman–Crippen LogP) is 3.87. The number of carboxylic acid groups (broad SMARTS) is 1. The third-order valence-corrected chi connectivity index (χ3v) is 5.85. The zero-order valence-corrected chi connectivity index (χ0v) is 13.7. The van der Waals surface area contributed by atoms with Crippen LogP contribution in [0.1, 0.15) is 71.4 Å². The van der Waals surface area contributed by atoms with Gasteiger partial charge in [0.25, 0.3) is 0 Å². The maximum atomic E-state index is 11.7. The van der Waals surface area contributed by atoms with Gasteiger partial charge in [-0.2, -0.15) is 5.10 Å². The zero-order chi connectivity index (χ0) is 16.2. The number of fused-ring (bicyclic) bond motifs is 5. The molecule has 2 aliphatic carbocycles. The second-order valence-corrected chi connectivity index (χ2v) is 7.13. The van der Waals surface area contributed by atoms with Gasteiger partial charge >= 0.3 is 5.97 Å². The molecule has 1 N–H and O–H groups in total. The van der Waals surface area contributed by atoms with Crippen molar-refractivity contribution in [1.29, 1.82) is 0 Å². The van der Waals surface area contributed by atoms with Crippen molar-refractivity contribution in [2.24, 2.45) is 0 Å². The molecule has 1 heterocycles. The second kappa shape index (κ2) is 4.95. The van der Waals surface area contributed by atoms with Crippen LogP contribution in [0, 0.1) is 6.92 Å². The van der Waals surface area contributed by atoms with Crippen LogP contribution < -0.4 is 0 Å². The van der Waals surface area contributed by atoms with Gasteiger partial charge in [-0.3, -0.25) is 4.68 Å². The number of aromatic nitrogens is 2. The highest BCUT2D eigenvalue weighted by Gasteiger charge is 2.52. The Hall–Kier alpha value is -2.10. The number of benzene rings is 1. The van der Waals surface area contributed by atoms with Crippen molar-refractivity contribution in [3.8, 4) is 0 Å². The van der Waals surface area contributed by atoms with Crippen LogP contribution in [0.25, 0.3) is 0 Å². The molecule has 2 aromatic rings. The molecule has 0 saturated heterocycles. The molecule has 2 atom stereocenters. The van der Waals surface area contributed by atoms with Crippen LogP contribution in [0.15, 0.2) is 24.3 Å². The highest BCUT2D eigenvalue weighted by atomic mass is 16.4. The molecule has 0 radical (unpaired) electrons. The molecule has 2 unspecified atom stereocenters. The molecule has 1 fully saturated rings. The first kappa shape index (κ1) is 14.5. The van der Waals surface area contributed by atoms with Gasteiger partial charge < -0.3 is 5.11 Å². The number of carbonyl (C=O) groups is 1.